The molecule has 1 saturated heterocycles. The molecule has 22 heavy (non-hydrogen) atoms. The van der Waals surface area contributed by atoms with Gasteiger partial charge in [-0.3, -0.25) is 0 Å². The van der Waals surface area contributed by atoms with Crippen LogP contribution in [0.3, 0.4) is 0 Å². The second kappa shape index (κ2) is 8.36. The zero-order chi connectivity index (χ0) is 16.8. The maximum absolute atomic E-state index is 12.2. The molecular weight excluding hydrogens is 286 g/mol. The number of alkyl carbamates (subject to hydrolysis) is 1. The quantitative estimate of drug-likeness (QED) is 0.781. The Labute approximate surface area is 132 Å². The van der Waals surface area contributed by atoms with Crippen molar-refractivity contribution in [3.63, 3.8) is 0 Å². The average molecular weight is 315 g/mol. The van der Waals surface area contributed by atoms with Crippen molar-refractivity contribution < 1.29 is 24.2 Å². The predicted octanol–water partition coefficient (Wildman–Crippen LogP) is 2.38. The van der Waals surface area contributed by atoms with E-state index in [0.717, 1.165) is 19.3 Å². The van der Waals surface area contributed by atoms with Crippen LogP contribution in [0.5, 0.6) is 0 Å². The zero-order valence-corrected chi connectivity index (χ0v) is 14.1. The van der Waals surface area contributed by atoms with Crippen molar-refractivity contribution in [2.45, 2.75) is 77.5 Å². The van der Waals surface area contributed by atoms with E-state index in [1.54, 1.807) is 20.8 Å². The Kier molecular flexibility index (Phi) is 7.13. The summed E-state index contributed by atoms with van der Waals surface area (Å²) in [7, 11) is 0. The molecular formula is C16H29NO5. The number of hydrogen-bond acceptors (Lipinski definition) is 5. The van der Waals surface area contributed by atoms with Crippen molar-refractivity contribution in [1.82, 2.24) is 5.32 Å². The fourth-order valence-corrected chi connectivity index (χ4v) is 2.67. The molecule has 0 aromatic rings. The van der Waals surface area contributed by atoms with Crippen LogP contribution in [0.2, 0.25) is 0 Å². The first-order chi connectivity index (χ1) is 10.2. The minimum absolute atomic E-state index is 0.144. The van der Waals surface area contributed by atoms with Crippen molar-refractivity contribution in [1.29, 1.82) is 0 Å². The Morgan fingerprint density at radius 3 is 2.68 bits per heavy atom. The first-order valence-electron chi connectivity index (χ1n) is 8.02. The average Bonchev–Trinajstić information content (AvgIpc) is 2.39. The number of hydrogen-bond donors (Lipinski definition) is 2. The molecule has 1 aliphatic rings. The molecule has 6 nitrogen and oxygen atoms in total. The van der Waals surface area contributed by atoms with Gasteiger partial charge in [-0.15, -0.1) is 0 Å². The second-order valence-electron chi connectivity index (χ2n) is 6.99. The highest BCUT2D eigenvalue weighted by Crippen LogP contribution is 2.23. The summed E-state index contributed by atoms with van der Waals surface area (Å²) in [6.45, 7) is 7.31. The van der Waals surface area contributed by atoms with Crippen LogP contribution in [0.1, 0.15) is 59.8 Å². The third kappa shape index (κ3) is 7.11. The fraction of sp³-hybridized carbons (Fsp3) is 0.875. The van der Waals surface area contributed by atoms with E-state index >= 15 is 0 Å². The van der Waals surface area contributed by atoms with Gasteiger partial charge in [-0.1, -0.05) is 12.8 Å². The van der Waals surface area contributed by atoms with Gasteiger partial charge >= 0.3 is 12.1 Å². The molecule has 0 aromatic heterocycles. The summed E-state index contributed by atoms with van der Waals surface area (Å²) >= 11 is 0. The van der Waals surface area contributed by atoms with Crippen LogP contribution in [0.15, 0.2) is 0 Å². The molecule has 0 bridgehead atoms. The number of nitrogens with one attached hydrogen (secondary N) is 1. The van der Waals surface area contributed by atoms with Crippen LogP contribution in [-0.2, 0) is 14.3 Å². The molecule has 0 radical (unpaired) electrons. The first-order valence-corrected chi connectivity index (χ1v) is 8.02. The van der Waals surface area contributed by atoms with E-state index in [1.165, 1.54) is 0 Å². The number of esters is 1. The van der Waals surface area contributed by atoms with Crippen LogP contribution in [0.25, 0.3) is 0 Å². The molecule has 128 valence electrons. The summed E-state index contributed by atoms with van der Waals surface area (Å²) in [6.07, 6.45) is 2.86. The molecule has 2 unspecified atom stereocenters. The van der Waals surface area contributed by atoms with Gasteiger partial charge in [-0.05, 0) is 52.9 Å². The van der Waals surface area contributed by atoms with Gasteiger partial charge in [0.1, 0.15) is 11.6 Å². The van der Waals surface area contributed by atoms with Gasteiger partial charge in [0.25, 0.3) is 0 Å². The van der Waals surface area contributed by atoms with E-state index in [2.05, 4.69) is 5.32 Å². The van der Waals surface area contributed by atoms with Crippen LogP contribution >= 0.6 is 0 Å². The van der Waals surface area contributed by atoms with Gasteiger partial charge in [0.05, 0.1) is 6.10 Å². The number of amides is 1. The molecule has 1 heterocycles. The summed E-state index contributed by atoms with van der Waals surface area (Å²) in [4.78, 5) is 24.0. The van der Waals surface area contributed by atoms with Crippen molar-refractivity contribution in [3.8, 4) is 0 Å². The molecule has 1 rings (SSSR count). The number of cyclic esters (lactones) is 1. The molecule has 1 amide bonds. The fourth-order valence-electron chi connectivity index (χ4n) is 2.67. The Balaban J connectivity index is 2.63. The lowest BCUT2D eigenvalue weighted by atomic mass is 9.93. The minimum atomic E-state index is -0.676. The number of aliphatic hydroxyl groups excluding tert-OH is 1. The molecule has 3 atom stereocenters. The van der Waals surface area contributed by atoms with Crippen LogP contribution in [0, 0.1) is 5.92 Å². The Hall–Kier alpha value is -1.30. The number of rotatable bonds is 3. The Bertz CT molecular complexity index is 377. The number of ether oxygens (including phenoxy) is 2. The van der Waals surface area contributed by atoms with E-state index in [4.69, 9.17) is 14.6 Å². The van der Waals surface area contributed by atoms with Gasteiger partial charge in [-0.2, -0.15) is 0 Å². The third-order valence-electron chi connectivity index (χ3n) is 3.60. The minimum Gasteiger partial charge on any atom is -0.461 e. The molecule has 6 heteroatoms. The van der Waals surface area contributed by atoms with E-state index < -0.39 is 23.7 Å². The first kappa shape index (κ1) is 18.7. The molecule has 0 spiro atoms. The van der Waals surface area contributed by atoms with Crippen LogP contribution in [-0.4, -0.2) is 41.5 Å². The molecule has 1 fully saturated rings. The summed E-state index contributed by atoms with van der Waals surface area (Å²) in [5.41, 5.74) is -0.605. The number of carbonyl (C=O) groups excluding carboxylic acids is 2. The highest BCUT2D eigenvalue weighted by molar-refractivity contribution is 5.81. The number of aliphatic hydroxyl groups is 1. The van der Waals surface area contributed by atoms with Crippen molar-refractivity contribution in [3.05, 3.63) is 0 Å². The van der Waals surface area contributed by atoms with Crippen LogP contribution < -0.4 is 5.32 Å². The predicted molar refractivity (Wildman–Crippen MR) is 82.4 cm³/mol. The Morgan fingerprint density at radius 2 is 2.09 bits per heavy atom. The summed E-state index contributed by atoms with van der Waals surface area (Å²) in [5, 5.41) is 11.7. The third-order valence-corrected chi connectivity index (χ3v) is 3.60. The highest BCUT2D eigenvalue weighted by Gasteiger charge is 2.29. The SMILES string of the molecule is CC1CC(CCO)CCC[C@H](NC(=O)OC(C)(C)C)C(=O)O1. The van der Waals surface area contributed by atoms with Crippen molar-refractivity contribution in [2.24, 2.45) is 5.92 Å². The lowest BCUT2D eigenvalue weighted by molar-refractivity contribution is -0.151. The van der Waals surface area contributed by atoms with E-state index in [0.29, 0.717) is 18.8 Å². The summed E-state index contributed by atoms with van der Waals surface area (Å²) < 4.78 is 10.6. The Morgan fingerprint density at radius 1 is 1.41 bits per heavy atom. The van der Waals surface area contributed by atoms with Gasteiger partial charge in [-0.25, -0.2) is 9.59 Å². The second-order valence-corrected chi connectivity index (χ2v) is 6.99. The smallest absolute Gasteiger partial charge is 0.408 e. The largest absolute Gasteiger partial charge is 0.461 e. The lowest BCUT2D eigenvalue weighted by Gasteiger charge is -2.23. The van der Waals surface area contributed by atoms with Crippen LogP contribution in [0.4, 0.5) is 4.79 Å². The standard InChI is InChI=1S/C16H29NO5/c1-11-10-12(8-9-18)6-5-7-13(14(19)21-11)17-15(20)22-16(2,3)4/h11-13,18H,5-10H2,1-4H3,(H,17,20)/t11?,12?,13-/m0/s1. The topological polar surface area (TPSA) is 84.9 Å². The molecule has 0 aliphatic carbocycles. The number of carbonyl (C=O) groups is 2. The molecule has 0 aromatic carbocycles. The molecule has 2 N–H and O–H groups in total. The van der Waals surface area contributed by atoms with Gasteiger partial charge < -0.3 is 19.9 Å². The molecule has 0 saturated carbocycles. The lowest BCUT2D eigenvalue weighted by Crippen LogP contribution is -2.44. The van der Waals surface area contributed by atoms with Crippen molar-refractivity contribution in [2.75, 3.05) is 6.61 Å². The highest BCUT2D eigenvalue weighted by atomic mass is 16.6. The molecule has 1 aliphatic heterocycles. The van der Waals surface area contributed by atoms with Gasteiger partial charge in [0.2, 0.25) is 0 Å². The van der Waals surface area contributed by atoms with Crippen molar-refractivity contribution >= 4 is 12.1 Å². The van der Waals surface area contributed by atoms with Gasteiger partial charge in [0, 0.05) is 6.61 Å². The van der Waals surface area contributed by atoms with E-state index in [1.807, 2.05) is 6.92 Å². The van der Waals surface area contributed by atoms with Gasteiger partial charge in [0.15, 0.2) is 0 Å². The maximum Gasteiger partial charge on any atom is 0.408 e. The summed E-state index contributed by atoms with van der Waals surface area (Å²) in [5.74, 6) is -0.0731. The van der Waals surface area contributed by atoms with E-state index in [-0.39, 0.29) is 12.7 Å². The monoisotopic (exact) mass is 315 g/mol. The zero-order valence-electron chi connectivity index (χ0n) is 14.1. The summed E-state index contributed by atoms with van der Waals surface area (Å²) in [6, 6.07) is -0.676. The normalized spacial score (nSPS) is 27.1. The maximum atomic E-state index is 12.2. The van der Waals surface area contributed by atoms with E-state index in [9.17, 15) is 9.59 Å².